The highest BCUT2D eigenvalue weighted by Gasteiger charge is 2.32. The number of hydrogen-bond acceptors (Lipinski definition) is 3. The highest BCUT2D eigenvalue weighted by molar-refractivity contribution is 5.80. The van der Waals surface area contributed by atoms with Crippen molar-refractivity contribution in [3.8, 4) is 0 Å². The van der Waals surface area contributed by atoms with Gasteiger partial charge in [-0.3, -0.25) is 4.79 Å². The standard InChI is InChI=1S/C9H12O4/c1-2-3-6-4-5-7(8(10)11)13-9(6)12/h2,6-7H,1,3-5H2,(H,10,11). The lowest BCUT2D eigenvalue weighted by atomic mass is 9.95. The van der Waals surface area contributed by atoms with Gasteiger partial charge in [0.05, 0.1) is 5.92 Å². The van der Waals surface area contributed by atoms with Gasteiger partial charge in [-0.1, -0.05) is 6.08 Å². The number of allylic oxidation sites excluding steroid dienone is 1. The second-order valence-corrected chi connectivity index (χ2v) is 3.06. The molecule has 72 valence electrons. The minimum absolute atomic E-state index is 0.201. The molecule has 1 aliphatic rings. The molecular formula is C9H12O4. The molecule has 0 spiro atoms. The van der Waals surface area contributed by atoms with E-state index in [0.717, 1.165) is 0 Å². The molecular weight excluding hydrogens is 172 g/mol. The molecule has 0 amide bonds. The van der Waals surface area contributed by atoms with E-state index in [1.54, 1.807) is 6.08 Å². The number of rotatable bonds is 3. The summed E-state index contributed by atoms with van der Waals surface area (Å²) in [4.78, 5) is 21.6. The maximum absolute atomic E-state index is 11.2. The van der Waals surface area contributed by atoms with E-state index in [1.807, 2.05) is 0 Å². The van der Waals surface area contributed by atoms with Crippen molar-refractivity contribution in [1.29, 1.82) is 0 Å². The number of ether oxygens (including phenoxy) is 1. The minimum Gasteiger partial charge on any atom is -0.479 e. The van der Waals surface area contributed by atoms with Gasteiger partial charge >= 0.3 is 11.9 Å². The summed E-state index contributed by atoms with van der Waals surface area (Å²) < 4.78 is 4.73. The molecule has 2 unspecified atom stereocenters. The van der Waals surface area contributed by atoms with E-state index in [1.165, 1.54) is 0 Å². The fourth-order valence-electron chi connectivity index (χ4n) is 1.35. The van der Waals surface area contributed by atoms with Crippen molar-refractivity contribution in [1.82, 2.24) is 0 Å². The molecule has 0 aromatic carbocycles. The van der Waals surface area contributed by atoms with Gasteiger partial charge in [0.1, 0.15) is 0 Å². The van der Waals surface area contributed by atoms with Crippen LogP contribution in [0.25, 0.3) is 0 Å². The molecule has 1 N–H and O–H groups in total. The molecule has 4 heteroatoms. The van der Waals surface area contributed by atoms with Crippen molar-refractivity contribution >= 4 is 11.9 Å². The van der Waals surface area contributed by atoms with Gasteiger partial charge in [-0.15, -0.1) is 6.58 Å². The van der Waals surface area contributed by atoms with Crippen LogP contribution in [0.5, 0.6) is 0 Å². The van der Waals surface area contributed by atoms with Crippen LogP contribution in [-0.4, -0.2) is 23.1 Å². The van der Waals surface area contributed by atoms with Crippen molar-refractivity contribution in [3.63, 3.8) is 0 Å². The average Bonchev–Trinajstić information content (AvgIpc) is 2.08. The van der Waals surface area contributed by atoms with Crippen LogP contribution in [0.1, 0.15) is 19.3 Å². The van der Waals surface area contributed by atoms with Crippen molar-refractivity contribution in [2.75, 3.05) is 0 Å². The smallest absolute Gasteiger partial charge is 0.345 e. The predicted molar refractivity (Wildman–Crippen MR) is 45.1 cm³/mol. The van der Waals surface area contributed by atoms with E-state index in [0.29, 0.717) is 19.3 Å². The number of cyclic esters (lactones) is 1. The highest BCUT2D eigenvalue weighted by Crippen LogP contribution is 2.23. The number of carboxylic acid groups (broad SMARTS) is 1. The lowest BCUT2D eigenvalue weighted by Gasteiger charge is -2.24. The number of carbonyl (C=O) groups is 2. The third-order valence-corrected chi connectivity index (χ3v) is 2.10. The molecule has 1 saturated heterocycles. The molecule has 2 atom stereocenters. The van der Waals surface area contributed by atoms with E-state index in [2.05, 4.69) is 6.58 Å². The van der Waals surface area contributed by atoms with Crippen LogP contribution >= 0.6 is 0 Å². The number of hydrogen-bond donors (Lipinski definition) is 1. The SMILES string of the molecule is C=CCC1CCC(C(=O)O)OC1=O. The third kappa shape index (κ3) is 2.31. The van der Waals surface area contributed by atoms with Crippen molar-refractivity contribution < 1.29 is 19.4 Å². The zero-order valence-corrected chi connectivity index (χ0v) is 7.23. The molecule has 1 fully saturated rings. The Labute approximate surface area is 76.2 Å². The first kappa shape index (κ1) is 9.77. The number of carboxylic acids is 1. The number of carbonyl (C=O) groups excluding carboxylic acids is 1. The van der Waals surface area contributed by atoms with Crippen LogP contribution < -0.4 is 0 Å². The van der Waals surface area contributed by atoms with E-state index in [9.17, 15) is 9.59 Å². The van der Waals surface area contributed by atoms with Crippen LogP contribution in [0.4, 0.5) is 0 Å². The number of esters is 1. The van der Waals surface area contributed by atoms with Crippen LogP contribution in [0.15, 0.2) is 12.7 Å². The fraction of sp³-hybridized carbons (Fsp3) is 0.556. The van der Waals surface area contributed by atoms with Crippen molar-refractivity contribution in [2.45, 2.75) is 25.4 Å². The molecule has 0 radical (unpaired) electrons. The Morgan fingerprint density at radius 2 is 2.38 bits per heavy atom. The second kappa shape index (κ2) is 4.07. The predicted octanol–water partition coefficient (Wildman–Crippen LogP) is 0.969. The maximum atomic E-state index is 11.2. The lowest BCUT2D eigenvalue weighted by molar-refractivity contribution is -0.172. The molecule has 0 bridgehead atoms. The summed E-state index contributed by atoms with van der Waals surface area (Å²) in [5.41, 5.74) is 0. The Morgan fingerprint density at radius 1 is 1.69 bits per heavy atom. The molecule has 4 nitrogen and oxygen atoms in total. The third-order valence-electron chi connectivity index (χ3n) is 2.10. The first-order valence-corrected chi connectivity index (χ1v) is 4.19. The van der Waals surface area contributed by atoms with Crippen LogP contribution in [-0.2, 0) is 14.3 Å². The lowest BCUT2D eigenvalue weighted by Crippen LogP contribution is -2.35. The second-order valence-electron chi connectivity index (χ2n) is 3.06. The van der Waals surface area contributed by atoms with Crippen LogP contribution in [0.3, 0.4) is 0 Å². The molecule has 0 aromatic rings. The maximum Gasteiger partial charge on any atom is 0.345 e. The zero-order chi connectivity index (χ0) is 9.84. The summed E-state index contributed by atoms with van der Waals surface area (Å²) in [6.07, 6.45) is 2.23. The Hall–Kier alpha value is -1.32. The van der Waals surface area contributed by atoms with E-state index in [4.69, 9.17) is 9.84 Å². The Kier molecular flexibility index (Phi) is 3.06. The molecule has 0 saturated carbocycles. The Bertz CT molecular complexity index is 234. The molecule has 1 rings (SSSR count). The Balaban J connectivity index is 2.51. The van der Waals surface area contributed by atoms with Gasteiger partial charge in [0.25, 0.3) is 0 Å². The van der Waals surface area contributed by atoms with Gasteiger partial charge in [0.15, 0.2) is 6.10 Å². The summed E-state index contributed by atoms with van der Waals surface area (Å²) in [5, 5.41) is 8.57. The summed E-state index contributed by atoms with van der Waals surface area (Å²) in [6.45, 7) is 3.52. The van der Waals surface area contributed by atoms with Crippen molar-refractivity contribution in [2.24, 2.45) is 5.92 Å². The molecule has 1 heterocycles. The van der Waals surface area contributed by atoms with E-state index < -0.39 is 18.0 Å². The first-order chi connectivity index (χ1) is 6.15. The van der Waals surface area contributed by atoms with E-state index in [-0.39, 0.29) is 5.92 Å². The van der Waals surface area contributed by atoms with Gasteiger partial charge < -0.3 is 9.84 Å². The van der Waals surface area contributed by atoms with E-state index >= 15 is 0 Å². The van der Waals surface area contributed by atoms with Gasteiger partial charge in [0, 0.05) is 0 Å². The minimum atomic E-state index is -1.06. The molecule has 13 heavy (non-hydrogen) atoms. The molecule has 1 aliphatic heterocycles. The highest BCUT2D eigenvalue weighted by atomic mass is 16.6. The number of aliphatic carboxylic acids is 1. The van der Waals surface area contributed by atoms with Gasteiger partial charge in [-0.05, 0) is 19.3 Å². The van der Waals surface area contributed by atoms with Crippen LogP contribution in [0.2, 0.25) is 0 Å². The Morgan fingerprint density at radius 3 is 2.85 bits per heavy atom. The summed E-state index contributed by atoms with van der Waals surface area (Å²) in [6, 6.07) is 0. The quantitative estimate of drug-likeness (QED) is 0.524. The molecule has 0 aliphatic carbocycles. The first-order valence-electron chi connectivity index (χ1n) is 4.19. The summed E-state index contributed by atoms with van der Waals surface area (Å²) in [7, 11) is 0. The zero-order valence-electron chi connectivity index (χ0n) is 7.23. The van der Waals surface area contributed by atoms with Gasteiger partial charge in [-0.2, -0.15) is 0 Å². The van der Waals surface area contributed by atoms with Crippen LogP contribution in [0, 0.1) is 5.92 Å². The monoisotopic (exact) mass is 184 g/mol. The fourth-order valence-corrected chi connectivity index (χ4v) is 1.35. The summed E-state index contributed by atoms with van der Waals surface area (Å²) in [5.74, 6) is -1.68. The van der Waals surface area contributed by atoms with Gasteiger partial charge in [0.2, 0.25) is 0 Å². The van der Waals surface area contributed by atoms with Gasteiger partial charge in [-0.25, -0.2) is 4.79 Å². The topological polar surface area (TPSA) is 63.6 Å². The largest absolute Gasteiger partial charge is 0.479 e. The summed E-state index contributed by atoms with van der Waals surface area (Å²) >= 11 is 0. The molecule has 0 aromatic heterocycles. The average molecular weight is 184 g/mol. The van der Waals surface area contributed by atoms with Crippen molar-refractivity contribution in [3.05, 3.63) is 12.7 Å². The normalized spacial score (nSPS) is 27.8.